The fourth-order valence-corrected chi connectivity index (χ4v) is 3.49. The van der Waals surface area contributed by atoms with Gasteiger partial charge < -0.3 is 9.47 Å². The molecular formula is C14H19F2NO2S. The van der Waals surface area contributed by atoms with Gasteiger partial charge in [0.25, 0.3) is 0 Å². The van der Waals surface area contributed by atoms with Crippen LogP contribution in [0.3, 0.4) is 0 Å². The van der Waals surface area contributed by atoms with Crippen molar-refractivity contribution in [2.75, 3.05) is 12.4 Å². The number of nitrogens with one attached hydrogen (secondary N) is 1. The summed E-state index contributed by atoms with van der Waals surface area (Å²) in [7, 11) is 0. The Labute approximate surface area is 122 Å². The van der Waals surface area contributed by atoms with Gasteiger partial charge in [-0.25, -0.2) is 0 Å². The van der Waals surface area contributed by atoms with Crippen molar-refractivity contribution in [2.45, 2.75) is 38.3 Å². The molecule has 1 aromatic carbocycles. The van der Waals surface area contributed by atoms with Crippen LogP contribution in [0.2, 0.25) is 0 Å². The van der Waals surface area contributed by atoms with E-state index in [9.17, 15) is 8.78 Å². The third kappa shape index (κ3) is 3.99. The Bertz CT molecular complexity index is 445. The summed E-state index contributed by atoms with van der Waals surface area (Å²) in [5.41, 5.74) is 1.02. The molecule has 3 nitrogen and oxygen atoms in total. The minimum absolute atomic E-state index is 0.0828. The average Bonchev–Trinajstić information content (AvgIpc) is 2.40. The second-order valence-electron chi connectivity index (χ2n) is 4.62. The first-order valence-electron chi connectivity index (χ1n) is 6.69. The van der Waals surface area contributed by atoms with E-state index in [0.717, 1.165) is 17.7 Å². The average molecular weight is 303 g/mol. The number of alkyl halides is 2. The van der Waals surface area contributed by atoms with E-state index in [1.807, 2.05) is 24.8 Å². The van der Waals surface area contributed by atoms with Crippen molar-refractivity contribution in [2.24, 2.45) is 0 Å². The Hall–Kier alpha value is -1.01. The Kier molecular flexibility index (Phi) is 5.48. The Morgan fingerprint density at radius 2 is 2.20 bits per heavy atom. The van der Waals surface area contributed by atoms with Crippen LogP contribution in [0.1, 0.15) is 31.2 Å². The minimum Gasteiger partial charge on any atom is -0.490 e. The van der Waals surface area contributed by atoms with Crippen molar-refractivity contribution in [3.8, 4) is 11.5 Å². The van der Waals surface area contributed by atoms with Crippen LogP contribution < -0.4 is 14.8 Å². The molecule has 2 atom stereocenters. The van der Waals surface area contributed by atoms with E-state index in [-0.39, 0.29) is 11.1 Å². The zero-order valence-electron chi connectivity index (χ0n) is 11.6. The summed E-state index contributed by atoms with van der Waals surface area (Å²) in [5.74, 6) is 1.53. The van der Waals surface area contributed by atoms with E-state index in [1.165, 1.54) is 0 Å². The SMILES string of the molecule is CCOc1cc(C2NC(C)CCS2)ccc1OC(F)F. The molecule has 1 heterocycles. The van der Waals surface area contributed by atoms with E-state index in [0.29, 0.717) is 18.4 Å². The molecule has 0 aromatic heterocycles. The maximum absolute atomic E-state index is 12.4. The van der Waals surface area contributed by atoms with Gasteiger partial charge in [0.2, 0.25) is 0 Å². The van der Waals surface area contributed by atoms with Crippen LogP contribution in [0, 0.1) is 0 Å². The zero-order valence-corrected chi connectivity index (χ0v) is 12.4. The molecule has 1 N–H and O–H groups in total. The highest BCUT2D eigenvalue weighted by Gasteiger charge is 2.21. The van der Waals surface area contributed by atoms with Crippen molar-refractivity contribution in [1.82, 2.24) is 5.32 Å². The summed E-state index contributed by atoms with van der Waals surface area (Å²) >= 11 is 1.81. The van der Waals surface area contributed by atoms with Gasteiger partial charge in [-0.2, -0.15) is 8.78 Å². The molecule has 0 aliphatic carbocycles. The number of ether oxygens (including phenoxy) is 2. The van der Waals surface area contributed by atoms with E-state index in [2.05, 4.69) is 17.0 Å². The molecule has 1 aromatic rings. The molecule has 0 saturated carbocycles. The summed E-state index contributed by atoms with van der Waals surface area (Å²) in [6, 6.07) is 5.59. The molecule has 1 fully saturated rings. The largest absolute Gasteiger partial charge is 0.490 e. The standard InChI is InChI=1S/C14H19F2NO2S/c1-3-18-12-8-10(4-5-11(12)19-14(15)16)13-17-9(2)6-7-20-13/h4-5,8-9,13-14,17H,3,6-7H2,1-2H3. The van der Waals surface area contributed by atoms with Gasteiger partial charge in [0.15, 0.2) is 11.5 Å². The molecule has 1 saturated heterocycles. The smallest absolute Gasteiger partial charge is 0.387 e. The Balaban J connectivity index is 2.19. The molecular weight excluding hydrogens is 284 g/mol. The van der Waals surface area contributed by atoms with Gasteiger partial charge in [0.1, 0.15) is 0 Å². The van der Waals surface area contributed by atoms with E-state index in [4.69, 9.17) is 4.74 Å². The topological polar surface area (TPSA) is 30.5 Å². The van der Waals surface area contributed by atoms with Crippen molar-refractivity contribution in [3.63, 3.8) is 0 Å². The van der Waals surface area contributed by atoms with Crippen molar-refractivity contribution in [3.05, 3.63) is 23.8 Å². The second-order valence-corrected chi connectivity index (χ2v) is 5.84. The lowest BCUT2D eigenvalue weighted by atomic mass is 10.1. The number of thioether (sulfide) groups is 1. The maximum atomic E-state index is 12.4. The lowest BCUT2D eigenvalue weighted by Crippen LogP contribution is -2.33. The van der Waals surface area contributed by atoms with E-state index < -0.39 is 6.61 Å². The summed E-state index contributed by atoms with van der Waals surface area (Å²) in [5, 5.41) is 3.65. The third-order valence-corrected chi connectivity index (χ3v) is 4.27. The lowest BCUT2D eigenvalue weighted by molar-refractivity contribution is -0.0514. The first-order chi connectivity index (χ1) is 9.60. The highest BCUT2D eigenvalue weighted by atomic mass is 32.2. The van der Waals surface area contributed by atoms with E-state index >= 15 is 0 Å². The first kappa shape index (κ1) is 15.4. The molecule has 6 heteroatoms. The molecule has 1 aliphatic rings. The van der Waals surface area contributed by atoms with Crippen LogP contribution in [0.15, 0.2) is 18.2 Å². The molecule has 0 spiro atoms. The summed E-state index contributed by atoms with van der Waals surface area (Å²) in [4.78, 5) is 0. The fraction of sp³-hybridized carbons (Fsp3) is 0.571. The minimum atomic E-state index is -2.85. The third-order valence-electron chi connectivity index (χ3n) is 3.06. The second kappa shape index (κ2) is 7.13. The van der Waals surface area contributed by atoms with Crippen LogP contribution in [0.5, 0.6) is 11.5 Å². The van der Waals surface area contributed by atoms with Gasteiger partial charge in [0, 0.05) is 6.04 Å². The molecule has 0 amide bonds. The fourth-order valence-electron chi connectivity index (χ4n) is 2.09. The summed E-state index contributed by atoms with van der Waals surface area (Å²) in [6.07, 6.45) is 1.13. The molecule has 1 aliphatic heterocycles. The van der Waals surface area contributed by atoms with Crippen LogP contribution in [0.4, 0.5) is 8.78 Å². The normalized spacial score (nSPS) is 22.9. The predicted molar refractivity (Wildman–Crippen MR) is 76.7 cm³/mol. The monoisotopic (exact) mass is 303 g/mol. The number of hydrogen-bond donors (Lipinski definition) is 1. The first-order valence-corrected chi connectivity index (χ1v) is 7.74. The van der Waals surface area contributed by atoms with Crippen LogP contribution in [-0.4, -0.2) is 25.0 Å². The van der Waals surface area contributed by atoms with Gasteiger partial charge in [-0.05, 0) is 43.7 Å². The van der Waals surface area contributed by atoms with Gasteiger partial charge in [-0.3, -0.25) is 5.32 Å². The van der Waals surface area contributed by atoms with Crippen LogP contribution in [0.25, 0.3) is 0 Å². The number of hydrogen-bond acceptors (Lipinski definition) is 4. The summed E-state index contributed by atoms with van der Waals surface area (Å²) in [6.45, 7) is 1.52. The Morgan fingerprint density at radius 3 is 2.85 bits per heavy atom. The molecule has 20 heavy (non-hydrogen) atoms. The molecule has 0 radical (unpaired) electrons. The van der Waals surface area contributed by atoms with Crippen molar-refractivity contribution < 1.29 is 18.3 Å². The number of rotatable bonds is 5. The van der Waals surface area contributed by atoms with Crippen molar-refractivity contribution >= 4 is 11.8 Å². The van der Waals surface area contributed by atoms with Gasteiger partial charge in [-0.1, -0.05) is 6.07 Å². The highest BCUT2D eigenvalue weighted by Crippen LogP contribution is 2.37. The quantitative estimate of drug-likeness (QED) is 0.896. The predicted octanol–water partition coefficient (Wildman–Crippen LogP) is 3.80. The molecule has 2 unspecified atom stereocenters. The molecule has 112 valence electrons. The van der Waals surface area contributed by atoms with Crippen LogP contribution >= 0.6 is 11.8 Å². The number of halogens is 2. The zero-order chi connectivity index (χ0) is 14.5. The van der Waals surface area contributed by atoms with E-state index in [1.54, 1.807) is 12.1 Å². The van der Waals surface area contributed by atoms with Crippen molar-refractivity contribution in [1.29, 1.82) is 0 Å². The van der Waals surface area contributed by atoms with Gasteiger partial charge in [-0.15, -0.1) is 11.8 Å². The Morgan fingerprint density at radius 1 is 1.40 bits per heavy atom. The molecule has 2 rings (SSSR count). The van der Waals surface area contributed by atoms with Gasteiger partial charge in [0.05, 0.1) is 12.0 Å². The maximum Gasteiger partial charge on any atom is 0.387 e. The highest BCUT2D eigenvalue weighted by molar-refractivity contribution is 7.99. The summed E-state index contributed by atoms with van der Waals surface area (Å²) < 4.78 is 34.6. The number of benzene rings is 1. The van der Waals surface area contributed by atoms with Crippen LogP contribution in [-0.2, 0) is 0 Å². The molecule has 0 bridgehead atoms. The lowest BCUT2D eigenvalue weighted by Gasteiger charge is -2.29. The van der Waals surface area contributed by atoms with Gasteiger partial charge >= 0.3 is 6.61 Å².